The van der Waals surface area contributed by atoms with Crippen molar-refractivity contribution in [2.75, 3.05) is 43.1 Å². The zero-order valence-corrected chi connectivity index (χ0v) is 11.0. The molecule has 2 aromatic rings. The van der Waals surface area contributed by atoms with E-state index in [1.165, 1.54) is 11.4 Å². The summed E-state index contributed by atoms with van der Waals surface area (Å²) in [5.74, 6) is 0.904. The standard InChI is InChI=1S/C14H18N4O/c1-19-14-4-2-12(3-5-14)17-6-8-18(9-7-17)13-10-15-16-11-13/h2-5,10-11H,6-9H2,1H3,(H,15,16). The fourth-order valence-corrected chi connectivity index (χ4v) is 2.43. The van der Waals surface area contributed by atoms with E-state index in [0.29, 0.717) is 0 Å². The molecule has 0 bridgehead atoms. The topological polar surface area (TPSA) is 44.4 Å². The molecule has 1 aliphatic heterocycles. The summed E-state index contributed by atoms with van der Waals surface area (Å²) in [5.41, 5.74) is 2.43. The molecule has 0 spiro atoms. The zero-order chi connectivity index (χ0) is 13.1. The second-order valence-electron chi connectivity index (χ2n) is 4.63. The third-order valence-electron chi connectivity index (χ3n) is 3.57. The smallest absolute Gasteiger partial charge is 0.119 e. The number of hydrogen-bond donors (Lipinski definition) is 1. The molecule has 0 saturated carbocycles. The van der Waals surface area contributed by atoms with Crippen LogP contribution in [0.25, 0.3) is 0 Å². The van der Waals surface area contributed by atoms with Gasteiger partial charge in [0.25, 0.3) is 0 Å². The van der Waals surface area contributed by atoms with Gasteiger partial charge >= 0.3 is 0 Å². The summed E-state index contributed by atoms with van der Waals surface area (Å²) in [6.07, 6.45) is 3.83. The molecule has 100 valence electrons. The molecule has 1 N–H and O–H groups in total. The van der Waals surface area contributed by atoms with E-state index in [1.54, 1.807) is 7.11 Å². The van der Waals surface area contributed by atoms with Crippen LogP contribution in [-0.4, -0.2) is 43.5 Å². The largest absolute Gasteiger partial charge is 0.497 e. The summed E-state index contributed by atoms with van der Waals surface area (Å²) >= 11 is 0. The molecular formula is C14H18N4O. The predicted molar refractivity (Wildman–Crippen MR) is 76.0 cm³/mol. The van der Waals surface area contributed by atoms with E-state index in [4.69, 9.17) is 4.74 Å². The third kappa shape index (κ3) is 2.50. The highest BCUT2D eigenvalue weighted by Gasteiger charge is 2.17. The SMILES string of the molecule is COc1ccc(N2CCN(c3cn[nH]c3)CC2)cc1. The van der Waals surface area contributed by atoms with Gasteiger partial charge in [-0.2, -0.15) is 5.10 Å². The average molecular weight is 258 g/mol. The molecule has 1 aromatic heterocycles. The van der Waals surface area contributed by atoms with E-state index in [2.05, 4.69) is 32.1 Å². The van der Waals surface area contributed by atoms with Gasteiger partial charge in [-0.3, -0.25) is 5.10 Å². The van der Waals surface area contributed by atoms with Crippen LogP contribution < -0.4 is 14.5 Å². The molecule has 0 radical (unpaired) electrons. The Balaban J connectivity index is 1.63. The lowest BCUT2D eigenvalue weighted by atomic mass is 10.2. The first kappa shape index (κ1) is 11.9. The summed E-state index contributed by atoms with van der Waals surface area (Å²) in [6, 6.07) is 8.26. The van der Waals surface area contributed by atoms with Crippen molar-refractivity contribution in [3.05, 3.63) is 36.7 Å². The van der Waals surface area contributed by atoms with Crippen molar-refractivity contribution in [2.45, 2.75) is 0 Å². The van der Waals surface area contributed by atoms with E-state index in [9.17, 15) is 0 Å². The van der Waals surface area contributed by atoms with Gasteiger partial charge in [0, 0.05) is 38.1 Å². The molecule has 1 saturated heterocycles. The van der Waals surface area contributed by atoms with Crippen molar-refractivity contribution < 1.29 is 4.74 Å². The molecule has 5 nitrogen and oxygen atoms in total. The number of nitrogens with one attached hydrogen (secondary N) is 1. The fraction of sp³-hybridized carbons (Fsp3) is 0.357. The molecule has 2 heterocycles. The van der Waals surface area contributed by atoms with Crippen molar-refractivity contribution >= 4 is 11.4 Å². The number of aromatic nitrogens is 2. The van der Waals surface area contributed by atoms with Crippen molar-refractivity contribution in [1.29, 1.82) is 0 Å². The number of rotatable bonds is 3. The normalized spacial score (nSPS) is 15.6. The molecule has 1 fully saturated rings. The van der Waals surface area contributed by atoms with Crippen LogP contribution in [0.4, 0.5) is 11.4 Å². The van der Waals surface area contributed by atoms with Crippen molar-refractivity contribution in [3.63, 3.8) is 0 Å². The lowest BCUT2D eigenvalue weighted by Gasteiger charge is -2.36. The molecule has 19 heavy (non-hydrogen) atoms. The Morgan fingerprint density at radius 2 is 1.63 bits per heavy atom. The predicted octanol–water partition coefficient (Wildman–Crippen LogP) is 1.74. The van der Waals surface area contributed by atoms with E-state index < -0.39 is 0 Å². The lowest BCUT2D eigenvalue weighted by molar-refractivity contribution is 0.415. The first-order valence-electron chi connectivity index (χ1n) is 6.49. The van der Waals surface area contributed by atoms with Gasteiger partial charge in [0.2, 0.25) is 0 Å². The Bertz CT molecular complexity index is 501. The molecule has 0 aliphatic carbocycles. The van der Waals surface area contributed by atoms with Gasteiger partial charge in [0.15, 0.2) is 0 Å². The van der Waals surface area contributed by atoms with Crippen molar-refractivity contribution in [2.24, 2.45) is 0 Å². The number of ether oxygens (including phenoxy) is 1. The number of methoxy groups -OCH3 is 1. The summed E-state index contributed by atoms with van der Waals surface area (Å²) in [7, 11) is 1.69. The van der Waals surface area contributed by atoms with Gasteiger partial charge < -0.3 is 14.5 Å². The van der Waals surface area contributed by atoms with E-state index in [1.807, 2.05) is 24.5 Å². The number of benzene rings is 1. The average Bonchev–Trinajstić information content (AvgIpc) is 3.02. The maximum atomic E-state index is 5.19. The van der Waals surface area contributed by atoms with Crippen LogP contribution >= 0.6 is 0 Å². The molecule has 3 rings (SSSR count). The summed E-state index contributed by atoms with van der Waals surface area (Å²) < 4.78 is 5.19. The maximum Gasteiger partial charge on any atom is 0.119 e. The highest BCUT2D eigenvalue weighted by atomic mass is 16.5. The van der Waals surface area contributed by atoms with Crippen molar-refractivity contribution in [1.82, 2.24) is 10.2 Å². The monoisotopic (exact) mass is 258 g/mol. The number of piperazine rings is 1. The maximum absolute atomic E-state index is 5.19. The van der Waals surface area contributed by atoms with E-state index in [0.717, 1.165) is 31.9 Å². The van der Waals surface area contributed by atoms with Crippen LogP contribution in [0.2, 0.25) is 0 Å². The minimum absolute atomic E-state index is 0.904. The van der Waals surface area contributed by atoms with Crippen LogP contribution in [0, 0.1) is 0 Å². The van der Waals surface area contributed by atoms with Crippen molar-refractivity contribution in [3.8, 4) is 5.75 Å². The van der Waals surface area contributed by atoms with Gasteiger partial charge in [-0.15, -0.1) is 0 Å². The minimum atomic E-state index is 0.904. The Labute approximate surface area is 112 Å². The Hall–Kier alpha value is -2.17. The van der Waals surface area contributed by atoms with Gasteiger partial charge in [-0.1, -0.05) is 0 Å². The first-order valence-corrected chi connectivity index (χ1v) is 6.49. The van der Waals surface area contributed by atoms with E-state index >= 15 is 0 Å². The van der Waals surface area contributed by atoms with Gasteiger partial charge in [-0.25, -0.2) is 0 Å². The Morgan fingerprint density at radius 3 is 2.16 bits per heavy atom. The van der Waals surface area contributed by atoms with Crippen LogP contribution in [-0.2, 0) is 0 Å². The number of hydrogen-bond acceptors (Lipinski definition) is 4. The number of aromatic amines is 1. The zero-order valence-electron chi connectivity index (χ0n) is 11.0. The summed E-state index contributed by atoms with van der Waals surface area (Å²) in [6.45, 7) is 4.09. The first-order chi connectivity index (χ1) is 9.36. The highest BCUT2D eigenvalue weighted by Crippen LogP contribution is 2.22. The quantitative estimate of drug-likeness (QED) is 0.911. The second-order valence-corrected chi connectivity index (χ2v) is 4.63. The Kier molecular flexibility index (Phi) is 3.27. The van der Waals surface area contributed by atoms with Gasteiger partial charge in [0.05, 0.1) is 19.0 Å². The second kappa shape index (κ2) is 5.22. The number of nitrogens with zero attached hydrogens (tertiary/aromatic N) is 3. The molecule has 1 aromatic carbocycles. The number of H-pyrrole nitrogens is 1. The van der Waals surface area contributed by atoms with Crippen LogP contribution in [0.15, 0.2) is 36.7 Å². The van der Waals surface area contributed by atoms with E-state index in [-0.39, 0.29) is 0 Å². The van der Waals surface area contributed by atoms with Crippen LogP contribution in [0.3, 0.4) is 0 Å². The molecule has 0 amide bonds. The molecule has 1 aliphatic rings. The lowest BCUT2D eigenvalue weighted by Crippen LogP contribution is -2.46. The molecular weight excluding hydrogens is 240 g/mol. The third-order valence-corrected chi connectivity index (χ3v) is 3.57. The van der Waals surface area contributed by atoms with Gasteiger partial charge in [0.1, 0.15) is 5.75 Å². The van der Waals surface area contributed by atoms with Crippen LogP contribution in [0.1, 0.15) is 0 Å². The fourth-order valence-electron chi connectivity index (χ4n) is 2.43. The summed E-state index contributed by atoms with van der Waals surface area (Å²) in [5, 5.41) is 6.86. The highest BCUT2D eigenvalue weighted by molar-refractivity contribution is 5.51. The molecule has 5 heteroatoms. The molecule has 0 atom stereocenters. The van der Waals surface area contributed by atoms with Gasteiger partial charge in [-0.05, 0) is 24.3 Å². The minimum Gasteiger partial charge on any atom is -0.497 e. The Morgan fingerprint density at radius 1 is 1.00 bits per heavy atom. The summed E-state index contributed by atoms with van der Waals surface area (Å²) in [4.78, 5) is 4.75. The molecule has 0 unspecified atom stereocenters. The van der Waals surface area contributed by atoms with Crippen LogP contribution in [0.5, 0.6) is 5.75 Å². The number of anilines is 2.